The molecule has 0 radical (unpaired) electrons. The van der Waals surface area contributed by atoms with Gasteiger partial charge in [-0.25, -0.2) is 0 Å². The van der Waals surface area contributed by atoms with E-state index in [0.717, 1.165) is 49.7 Å². The van der Waals surface area contributed by atoms with Crippen LogP contribution in [-0.2, 0) is 25.7 Å². The lowest BCUT2D eigenvalue weighted by Gasteiger charge is -2.29. The minimum atomic E-state index is 0.329. The van der Waals surface area contributed by atoms with E-state index in [1.165, 1.54) is 11.1 Å². The molecule has 0 spiro atoms. The van der Waals surface area contributed by atoms with E-state index < -0.39 is 0 Å². The molecule has 2 atom stereocenters. The molecule has 0 fully saturated rings. The summed E-state index contributed by atoms with van der Waals surface area (Å²) in [6.45, 7) is 0. The summed E-state index contributed by atoms with van der Waals surface area (Å²) >= 11 is 0. The molecule has 234 valence electrons. The van der Waals surface area contributed by atoms with Gasteiger partial charge in [-0.3, -0.25) is 0 Å². The first kappa shape index (κ1) is 32.6. The number of methoxy groups -OCH3 is 6. The highest BCUT2D eigenvalue weighted by atomic mass is 16.5. The molecule has 0 bridgehead atoms. The van der Waals surface area contributed by atoms with Gasteiger partial charge in [-0.1, -0.05) is 60.7 Å². The minimum absolute atomic E-state index is 0.329. The van der Waals surface area contributed by atoms with E-state index in [4.69, 9.17) is 28.4 Å². The predicted octanol–water partition coefficient (Wildman–Crippen LogP) is 8.02. The van der Waals surface area contributed by atoms with Gasteiger partial charge in [-0.15, -0.1) is 0 Å². The van der Waals surface area contributed by atoms with Crippen LogP contribution in [0.15, 0.2) is 84.9 Å². The number of aryl methyl sites for hydroxylation is 1. The smallest absolute Gasteiger partial charge is 0.203 e. The molecule has 0 heterocycles. The van der Waals surface area contributed by atoms with Gasteiger partial charge < -0.3 is 28.4 Å². The molecule has 0 aromatic heterocycles. The summed E-state index contributed by atoms with van der Waals surface area (Å²) in [4.78, 5) is 0. The van der Waals surface area contributed by atoms with Crippen molar-refractivity contribution >= 4 is 0 Å². The monoisotopic (exact) mass is 598 g/mol. The van der Waals surface area contributed by atoms with E-state index in [1.54, 1.807) is 42.7 Å². The zero-order valence-corrected chi connectivity index (χ0v) is 26.9. The lowest BCUT2D eigenvalue weighted by Crippen LogP contribution is -2.23. The Labute approximate surface area is 262 Å². The van der Waals surface area contributed by atoms with Crippen LogP contribution in [0, 0.1) is 11.8 Å². The fraction of sp³-hybridized carbons (Fsp3) is 0.368. The first-order valence-corrected chi connectivity index (χ1v) is 15.2. The number of ether oxygens (including phenoxy) is 6. The van der Waals surface area contributed by atoms with Crippen molar-refractivity contribution in [2.24, 2.45) is 11.8 Å². The first-order valence-electron chi connectivity index (χ1n) is 15.2. The minimum Gasteiger partial charge on any atom is -0.493 e. The number of benzene rings is 4. The van der Waals surface area contributed by atoms with E-state index in [1.807, 2.05) is 0 Å². The van der Waals surface area contributed by atoms with Gasteiger partial charge in [-0.2, -0.15) is 0 Å². The quantitative estimate of drug-likeness (QED) is 0.123. The Morgan fingerprint density at radius 2 is 0.818 bits per heavy atom. The molecular weight excluding hydrogens is 552 g/mol. The van der Waals surface area contributed by atoms with Crippen LogP contribution < -0.4 is 28.4 Å². The topological polar surface area (TPSA) is 55.4 Å². The molecule has 6 heteroatoms. The van der Waals surface area contributed by atoms with Crippen LogP contribution in [0.1, 0.15) is 35.1 Å². The second kappa shape index (κ2) is 16.5. The van der Waals surface area contributed by atoms with Crippen molar-refractivity contribution < 1.29 is 28.4 Å². The zero-order chi connectivity index (χ0) is 31.3. The molecule has 0 saturated carbocycles. The fourth-order valence-electron chi connectivity index (χ4n) is 6.15. The van der Waals surface area contributed by atoms with Gasteiger partial charge in [0.05, 0.1) is 42.7 Å². The Balaban J connectivity index is 1.73. The molecule has 0 saturated heterocycles. The molecule has 4 aromatic carbocycles. The van der Waals surface area contributed by atoms with Crippen LogP contribution in [0.25, 0.3) is 0 Å². The average molecular weight is 599 g/mol. The maximum atomic E-state index is 5.72. The van der Waals surface area contributed by atoms with Crippen LogP contribution in [0.3, 0.4) is 0 Å². The molecule has 0 unspecified atom stereocenters. The van der Waals surface area contributed by atoms with Crippen LogP contribution in [0.4, 0.5) is 0 Å². The second-order valence-corrected chi connectivity index (χ2v) is 11.1. The Hall–Kier alpha value is -4.32. The van der Waals surface area contributed by atoms with E-state index in [-0.39, 0.29) is 0 Å². The second-order valence-electron chi connectivity index (χ2n) is 11.1. The van der Waals surface area contributed by atoms with Crippen molar-refractivity contribution in [3.05, 3.63) is 107 Å². The summed E-state index contributed by atoms with van der Waals surface area (Å²) < 4.78 is 34.1. The Kier molecular flexibility index (Phi) is 12.2. The fourth-order valence-corrected chi connectivity index (χ4v) is 6.15. The van der Waals surface area contributed by atoms with Crippen LogP contribution in [-0.4, -0.2) is 42.7 Å². The summed E-state index contributed by atoms with van der Waals surface area (Å²) in [5.41, 5.74) is 5.00. The van der Waals surface area contributed by atoms with Gasteiger partial charge in [0.1, 0.15) is 0 Å². The molecule has 0 N–H and O–H groups in total. The van der Waals surface area contributed by atoms with E-state index in [2.05, 4.69) is 84.9 Å². The molecular formula is C38H46O6. The van der Waals surface area contributed by atoms with E-state index >= 15 is 0 Å². The van der Waals surface area contributed by atoms with Crippen molar-refractivity contribution in [3.63, 3.8) is 0 Å². The van der Waals surface area contributed by atoms with Gasteiger partial charge >= 0.3 is 0 Å². The number of hydrogen-bond donors (Lipinski definition) is 0. The van der Waals surface area contributed by atoms with Crippen molar-refractivity contribution in [2.75, 3.05) is 42.7 Å². The third-order valence-corrected chi connectivity index (χ3v) is 8.34. The average Bonchev–Trinajstić information content (AvgIpc) is 3.07. The maximum Gasteiger partial charge on any atom is 0.203 e. The van der Waals surface area contributed by atoms with Gasteiger partial charge in [0.2, 0.25) is 11.5 Å². The summed E-state index contributed by atoms with van der Waals surface area (Å²) in [6.07, 6.45) is 5.85. The number of rotatable bonds is 17. The Bertz CT molecular complexity index is 1390. The van der Waals surface area contributed by atoms with Crippen molar-refractivity contribution in [2.45, 2.75) is 38.5 Å². The zero-order valence-electron chi connectivity index (χ0n) is 26.9. The van der Waals surface area contributed by atoms with Crippen molar-refractivity contribution in [1.82, 2.24) is 0 Å². The van der Waals surface area contributed by atoms with Crippen LogP contribution in [0.2, 0.25) is 0 Å². The largest absolute Gasteiger partial charge is 0.493 e. The summed E-state index contributed by atoms with van der Waals surface area (Å²) in [5, 5.41) is 0. The predicted molar refractivity (Wildman–Crippen MR) is 176 cm³/mol. The summed E-state index contributed by atoms with van der Waals surface area (Å²) in [5.74, 6) is 4.60. The Morgan fingerprint density at radius 3 is 1.23 bits per heavy atom. The normalized spacial score (nSPS) is 12.2. The molecule has 4 rings (SSSR count). The maximum absolute atomic E-state index is 5.72. The van der Waals surface area contributed by atoms with Crippen LogP contribution >= 0.6 is 0 Å². The van der Waals surface area contributed by atoms with E-state index in [0.29, 0.717) is 46.3 Å². The third-order valence-electron chi connectivity index (χ3n) is 8.34. The third kappa shape index (κ3) is 8.40. The molecule has 6 nitrogen and oxygen atoms in total. The van der Waals surface area contributed by atoms with Crippen molar-refractivity contribution in [1.29, 1.82) is 0 Å². The summed E-state index contributed by atoms with van der Waals surface area (Å²) in [6, 6.07) is 29.8. The van der Waals surface area contributed by atoms with Gasteiger partial charge in [0.15, 0.2) is 23.0 Å². The summed E-state index contributed by atoms with van der Waals surface area (Å²) in [7, 11) is 9.94. The Morgan fingerprint density at radius 1 is 0.432 bits per heavy atom. The molecule has 44 heavy (non-hydrogen) atoms. The van der Waals surface area contributed by atoms with Gasteiger partial charge in [0.25, 0.3) is 0 Å². The van der Waals surface area contributed by atoms with Gasteiger partial charge in [0, 0.05) is 0 Å². The van der Waals surface area contributed by atoms with E-state index in [9.17, 15) is 0 Å². The highest BCUT2D eigenvalue weighted by Crippen LogP contribution is 2.42. The standard InChI is InChI=1S/C38H46O6/c1-39-33-23-29(24-34(40-2)37(33)43-5)21-31(19-13-18-27-14-9-7-10-15-27)32(20-28-16-11-8-12-17-28)22-30-25-35(41-3)38(44-6)36(26-30)42-4/h7-12,14-17,23-26,31-32H,13,18-22H2,1-6H3/t31-,32-/m1/s1. The molecule has 0 aliphatic heterocycles. The molecule has 0 amide bonds. The SMILES string of the molecule is COc1cc(C[C@@H](Cc2ccccc2)[C@H](CCCc2ccccc2)Cc2cc(OC)c(OC)c(OC)c2)cc(OC)c1OC. The lowest BCUT2D eigenvalue weighted by molar-refractivity contribution is 0.294. The lowest BCUT2D eigenvalue weighted by atomic mass is 9.76. The van der Waals surface area contributed by atoms with Gasteiger partial charge in [-0.05, 0) is 96.9 Å². The van der Waals surface area contributed by atoms with Crippen molar-refractivity contribution in [3.8, 4) is 34.5 Å². The molecule has 0 aliphatic carbocycles. The van der Waals surface area contributed by atoms with Crippen LogP contribution in [0.5, 0.6) is 34.5 Å². The number of hydrogen-bond acceptors (Lipinski definition) is 6. The molecule has 4 aromatic rings. The molecule has 0 aliphatic rings. The first-order chi connectivity index (χ1) is 21.5. The highest BCUT2D eigenvalue weighted by Gasteiger charge is 2.26. The highest BCUT2D eigenvalue weighted by molar-refractivity contribution is 5.55.